The van der Waals surface area contributed by atoms with Crippen molar-refractivity contribution in [3.05, 3.63) is 60.7 Å². The van der Waals surface area contributed by atoms with Crippen molar-refractivity contribution in [3.63, 3.8) is 0 Å². The second kappa shape index (κ2) is 10.4. The molecule has 1 N–H and O–H groups in total. The van der Waals surface area contributed by atoms with Gasteiger partial charge < -0.3 is 14.4 Å². The minimum atomic E-state index is -0.744. The van der Waals surface area contributed by atoms with Crippen molar-refractivity contribution >= 4 is 16.7 Å². The molecule has 4 rings (SSSR count). The molecule has 35 heavy (non-hydrogen) atoms. The number of hydrogen-bond donors (Lipinski definition) is 1. The molecular weight excluding hydrogens is 438 g/mol. The van der Waals surface area contributed by atoms with Gasteiger partial charge in [0.2, 0.25) is 0 Å². The van der Waals surface area contributed by atoms with E-state index in [4.69, 9.17) is 4.74 Å². The lowest BCUT2D eigenvalue weighted by atomic mass is 9.87. The molecule has 1 aliphatic rings. The lowest BCUT2D eigenvalue weighted by molar-refractivity contribution is -0.150. The van der Waals surface area contributed by atoms with Gasteiger partial charge in [-0.1, -0.05) is 31.0 Å². The van der Waals surface area contributed by atoms with Crippen LogP contribution in [0.1, 0.15) is 71.9 Å². The molecule has 6 heteroatoms. The number of fused-ring (bicyclic) bond motifs is 1. The Labute approximate surface area is 208 Å². The summed E-state index contributed by atoms with van der Waals surface area (Å²) in [5.41, 5.74) is 0.491. The van der Waals surface area contributed by atoms with Crippen LogP contribution >= 0.6 is 0 Å². The number of carboxylic acid groups (broad SMARTS) is 1. The summed E-state index contributed by atoms with van der Waals surface area (Å²) < 4.78 is 8.22. The Morgan fingerprint density at radius 1 is 1.06 bits per heavy atom. The van der Waals surface area contributed by atoms with E-state index in [0.717, 1.165) is 29.4 Å². The Bertz CT molecular complexity index is 1130. The molecule has 0 spiro atoms. The fraction of sp³-hybridized carbons (Fsp3) is 0.517. The summed E-state index contributed by atoms with van der Waals surface area (Å²) in [6.07, 6.45) is 9.09. The molecule has 0 bridgehead atoms. The number of benzene rings is 2. The Hall–Kier alpha value is -2.86. The number of aromatic nitrogens is 2. The maximum absolute atomic E-state index is 11.9. The topological polar surface area (TPSA) is 67.6 Å². The quantitative estimate of drug-likeness (QED) is 0.379. The van der Waals surface area contributed by atoms with Gasteiger partial charge in [-0.05, 0) is 82.0 Å². The number of rotatable bonds is 10. The van der Waals surface area contributed by atoms with Crippen molar-refractivity contribution in [2.24, 2.45) is 5.41 Å². The van der Waals surface area contributed by atoms with Crippen molar-refractivity contribution in [2.75, 3.05) is 6.61 Å². The molecule has 0 saturated heterocycles. The van der Waals surface area contributed by atoms with Crippen LogP contribution in [0.2, 0.25) is 0 Å². The fourth-order valence-electron chi connectivity index (χ4n) is 6.04. The minimum Gasteiger partial charge on any atom is -0.492 e. The maximum atomic E-state index is 11.9. The van der Waals surface area contributed by atoms with E-state index in [-0.39, 0.29) is 18.7 Å². The Balaban J connectivity index is 1.61. The zero-order chi connectivity index (χ0) is 25.2. The van der Waals surface area contributed by atoms with Crippen molar-refractivity contribution in [1.82, 2.24) is 14.5 Å². The molecule has 0 amide bonds. The third-order valence-corrected chi connectivity index (χ3v) is 7.67. The van der Waals surface area contributed by atoms with Gasteiger partial charge in [0.05, 0.1) is 12.4 Å². The molecule has 1 aliphatic carbocycles. The second-order valence-electron chi connectivity index (χ2n) is 10.7. The first-order valence-electron chi connectivity index (χ1n) is 12.9. The van der Waals surface area contributed by atoms with Crippen LogP contribution in [0.4, 0.5) is 0 Å². The van der Waals surface area contributed by atoms with E-state index in [0.29, 0.717) is 24.9 Å². The van der Waals surface area contributed by atoms with Crippen LogP contribution in [0, 0.1) is 5.41 Å². The number of nitrogens with zero attached hydrogens (tertiary/aromatic N) is 3. The Kier molecular flexibility index (Phi) is 7.50. The summed E-state index contributed by atoms with van der Waals surface area (Å²) in [5.74, 6) is -0.0139. The monoisotopic (exact) mass is 477 g/mol. The van der Waals surface area contributed by atoms with Crippen LogP contribution in [0.25, 0.3) is 10.8 Å². The summed E-state index contributed by atoms with van der Waals surface area (Å²) in [7, 11) is 0. The molecule has 1 saturated carbocycles. The summed E-state index contributed by atoms with van der Waals surface area (Å²) in [4.78, 5) is 18.7. The molecule has 3 aromatic rings. The predicted molar refractivity (Wildman–Crippen MR) is 140 cm³/mol. The van der Waals surface area contributed by atoms with Gasteiger partial charge in [-0.2, -0.15) is 0 Å². The number of carbonyl (C=O) groups is 1. The largest absolute Gasteiger partial charge is 0.492 e. The van der Waals surface area contributed by atoms with Gasteiger partial charge in [0.25, 0.3) is 0 Å². The highest BCUT2D eigenvalue weighted by atomic mass is 16.5. The van der Waals surface area contributed by atoms with Gasteiger partial charge in [0.15, 0.2) is 0 Å². The van der Waals surface area contributed by atoms with E-state index in [2.05, 4.69) is 73.3 Å². The van der Waals surface area contributed by atoms with Crippen molar-refractivity contribution < 1.29 is 14.6 Å². The van der Waals surface area contributed by atoms with Gasteiger partial charge in [-0.3, -0.25) is 9.69 Å². The zero-order valence-electron chi connectivity index (χ0n) is 21.6. The Morgan fingerprint density at radius 3 is 2.31 bits per heavy atom. The lowest BCUT2D eigenvalue weighted by Crippen LogP contribution is -2.47. The minimum absolute atomic E-state index is 0.125. The van der Waals surface area contributed by atoms with E-state index >= 15 is 0 Å². The second-order valence-corrected chi connectivity index (χ2v) is 10.7. The highest BCUT2D eigenvalue weighted by molar-refractivity contribution is 5.84. The van der Waals surface area contributed by atoms with E-state index in [1.54, 1.807) is 0 Å². The molecule has 6 nitrogen and oxygen atoms in total. The highest BCUT2D eigenvalue weighted by Crippen LogP contribution is 2.39. The first kappa shape index (κ1) is 25.2. The molecule has 0 aliphatic heterocycles. The van der Waals surface area contributed by atoms with Crippen LogP contribution in [-0.4, -0.2) is 50.3 Å². The van der Waals surface area contributed by atoms with Gasteiger partial charge in [-0.25, -0.2) is 4.98 Å². The predicted octanol–water partition coefficient (Wildman–Crippen LogP) is 6.16. The fourth-order valence-corrected chi connectivity index (χ4v) is 6.04. The molecule has 188 valence electrons. The van der Waals surface area contributed by atoms with Crippen molar-refractivity contribution in [1.29, 1.82) is 0 Å². The van der Waals surface area contributed by atoms with E-state index in [1.807, 2.05) is 30.9 Å². The average molecular weight is 478 g/mol. The van der Waals surface area contributed by atoms with Gasteiger partial charge in [0, 0.05) is 30.5 Å². The van der Waals surface area contributed by atoms with Crippen LogP contribution in [0.3, 0.4) is 0 Å². The molecular formula is C29H39N3O3. The summed E-state index contributed by atoms with van der Waals surface area (Å²) in [6, 6.07) is 13.9. The molecule has 1 heterocycles. The van der Waals surface area contributed by atoms with E-state index < -0.39 is 11.4 Å². The SMILES string of the molecule is CC(C)N(C(C)C)C(C)C(c1ccc2cc(OCC3(C(=O)O)CCCC3)ccc2c1)n1ccnc1. The number of hydrogen-bond acceptors (Lipinski definition) is 4. The third-order valence-electron chi connectivity index (χ3n) is 7.67. The maximum Gasteiger partial charge on any atom is 0.313 e. The highest BCUT2D eigenvalue weighted by Gasteiger charge is 2.42. The number of ether oxygens (including phenoxy) is 1. The first-order valence-corrected chi connectivity index (χ1v) is 12.9. The van der Waals surface area contributed by atoms with Gasteiger partial charge in [0.1, 0.15) is 17.8 Å². The van der Waals surface area contributed by atoms with E-state index in [1.165, 1.54) is 5.56 Å². The summed E-state index contributed by atoms with van der Waals surface area (Å²) in [5, 5.41) is 12.0. The Morgan fingerprint density at radius 2 is 1.71 bits per heavy atom. The number of aliphatic carboxylic acids is 1. The molecule has 2 aromatic carbocycles. The summed E-state index contributed by atoms with van der Waals surface area (Å²) >= 11 is 0. The van der Waals surface area contributed by atoms with Crippen LogP contribution in [0.15, 0.2) is 55.1 Å². The standard InChI is InChI=1S/C29H39N3O3/c1-20(2)32(21(3)4)22(5)27(31-15-14-30-19-31)25-9-8-24-17-26(11-10-23(24)16-25)35-18-29(28(33)34)12-6-7-13-29/h8-11,14-17,19-22,27H,6-7,12-13,18H2,1-5H3,(H,33,34). The van der Waals surface area contributed by atoms with Gasteiger partial charge >= 0.3 is 5.97 Å². The number of imidazole rings is 1. The molecule has 1 aromatic heterocycles. The average Bonchev–Trinajstić information content (AvgIpc) is 3.50. The van der Waals surface area contributed by atoms with Crippen LogP contribution in [-0.2, 0) is 4.79 Å². The smallest absolute Gasteiger partial charge is 0.313 e. The third kappa shape index (κ3) is 5.22. The summed E-state index contributed by atoms with van der Waals surface area (Å²) in [6.45, 7) is 11.5. The van der Waals surface area contributed by atoms with Gasteiger partial charge in [-0.15, -0.1) is 0 Å². The zero-order valence-corrected chi connectivity index (χ0v) is 21.6. The molecule has 1 fully saturated rings. The van der Waals surface area contributed by atoms with Crippen LogP contribution < -0.4 is 4.74 Å². The lowest BCUT2D eigenvalue weighted by Gasteiger charge is -2.41. The van der Waals surface area contributed by atoms with Crippen molar-refractivity contribution in [3.8, 4) is 5.75 Å². The first-order chi connectivity index (χ1) is 16.7. The number of carboxylic acids is 1. The van der Waals surface area contributed by atoms with Crippen molar-refractivity contribution in [2.45, 2.75) is 84.5 Å². The van der Waals surface area contributed by atoms with E-state index in [9.17, 15) is 9.90 Å². The van der Waals surface area contributed by atoms with Crippen LogP contribution in [0.5, 0.6) is 5.75 Å². The molecule has 0 radical (unpaired) electrons. The molecule has 2 atom stereocenters. The molecule has 2 unspecified atom stereocenters. The normalized spacial score (nSPS) is 17.4.